The molecule has 140 valence electrons. The lowest BCUT2D eigenvalue weighted by atomic mass is 9.96. The number of benzene rings is 1. The Kier molecular flexibility index (Phi) is 10.1. The van der Waals surface area contributed by atoms with E-state index in [0.717, 1.165) is 30.9 Å². The van der Waals surface area contributed by atoms with Crippen LogP contribution in [0.1, 0.15) is 5.56 Å². The van der Waals surface area contributed by atoms with Gasteiger partial charge in [0.05, 0.1) is 18.9 Å². The molecule has 6 heteroatoms. The van der Waals surface area contributed by atoms with Crippen molar-refractivity contribution in [3.05, 3.63) is 35.6 Å². The summed E-state index contributed by atoms with van der Waals surface area (Å²) in [5.41, 5.74) is 1.84. The molecule has 0 spiro atoms. The van der Waals surface area contributed by atoms with Crippen LogP contribution in [-0.4, -0.2) is 89.8 Å². The monoisotopic (exact) mass is 350 g/mol. The Morgan fingerprint density at radius 2 is 1.88 bits per heavy atom. The van der Waals surface area contributed by atoms with Crippen LogP contribution in [0.5, 0.6) is 0 Å². The average molecular weight is 350 g/mol. The molecule has 1 rings (SSSR count). The maximum Gasteiger partial charge on any atom is 0.123 e. The summed E-state index contributed by atoms with van der Waals surface area (Å²) < 4.78 is 18.3. The zero-order valence-electron chi connectivity index (χ0n) is 16.1. The van der Waals surface area contributed by atoms with Gasteiger partial charge in [0, 0.05) is 45.9 Å². The van der Waals surface area contributed by atoms with E-state index in [0.29, 0.717) is 13.2 Å². The van der Waals surface area contributed by atoms with E-state index in [1.165, 1.54) is 12.1 Å². The maximum atomic E-state index is 13.2. The van der Waals surface area contributed by atoms with Gasteiger partial charge in [-0.2, -0.15) is 0 Å². The molecule has 0 aliphatic rings. The van der Waals surface area contributed by atoms with Crippen LogP contribution in [0.2, 0.25) is 0 Å². The van der Waals surface area contributed by atoms with Crippen molar-refractivity contribution in [2.45, 2.75) is 0 Å². The van der Waals surface area contributed by atoms with Gasteiger partial charge in [0.2, 0.25) is 0 Å². The Bertz CT molecular complexity index is 543. The molecule has 5 nitrogen and oxygen atoms in total. The average Bonchev–Trinajstić information content (AvgIpc) is 2.58. The molecule has 0 heterocycles. The lowest BCUT2D eigenvalue weighted by Crippen LogP contribution is -2.36. The Labute approximate surface area is 151 Å². The van der Waals surface area contributed by atoms with E-state index >= 15 is 0 Å². The Balaban J connectivity index is 2.90. The molecule has 0 aliphatic carbocycles. The third-order valence-electron chi connectivity index (χ3n) is 3.88. The van der Waals surface area contributed by atoms with Crippen LogP contribution in [-0.2, 0) is 4.74 Å². The van der Waals surface area contributed by atoms with Crippen LogP contribution in [0.4, 0.5) is 4.39 Å². The van der Waals surface area contributed by atoms with Crippen molar-refractivity contribution in [2.75, 3.05) is 68.1 Å². The molecule has 0 bridgehead atoms. The van der Waals surface area contributed by atoms with Gasteiger partial charge >= 0.3 is 0 Å². The third-order valence-corrected chi connectivity index (χ3v) is 3.88. The lowest BCUT2D eigenvalue weighted by molar-refractivity contribution is 0.208. The van der Waals surface area contributed by atoms with Crippen molar-refractivity contribution >= 4 is 11.9 Å². The Hall–Kier alpha value is -1.63. The number of aliphatic imine (C=N–C) groups is 2. The molecule has 0 radical (unpaired) electrons. The van der Waals surface area contributed by atoms with Gasteiger partial charge in [-0.1, -0.05) is 12.1 Å². The molecular formula is C19H31FN4O. The molecular weight excluding hydrogens is 319 g/mol. The summed E-state index contributed by atoms with van der Waals surface area (Å²) in [5, 5.41) is 0. The summed E-state index contributed by atoms with van der Waals surface area (Å²) >= 11 is 0. The molecule has 0 amide bonds. The molecule has 25 heavy (non-hydrogen) atoms. The van der Waals surface area contributed by atoms with E-state index in [1.807, 2.05) is 6.21 Å². The van der Waals surface area contributed by atoms with E-state index in [2.05, 4.69) is 40.9 Å². The van der Waals surface area contributed by atoms with E-state index in [-0.39, 0.29) is 11.7 Å². The predicted octanol–water partition coefficient (Wildman–Crippen LogP) is 2.07. The first kappa shape index (κ1) is 21.4. The fourth-order valence-corrected chi connectivity index (χ4v) is 2.48. The first-order chi connectivity index (χ1) is 12.0. The number of halogens is 1. The number of likely N-dealkylation sites (N-methyl/N-ethyl adjacent to an activating group) is 2. The van der Waals surface area contributed by atoms with Crippen LogP contribution in [0.3, 0.4) is 0 Å². The number of methoxy groups -OCH3 is 1. The molecule has 0 N–H and O–H groups in total. The summed E-state index contributed by atoms with van der Waals surface area (Å²) in [6.45, 7) is 3.95. The second-order valence-electron chi connectivity index (χ2n) is 6.34. The first-order valence-corrected chi connectivity index (χ1v) is 8.52. The molecule has 1 unspecified atom stereocenters. The summed E-state index contributed by atoms with van der Waals surface area (Å²) in [7, 11) is 9.66. The van der Waals surface area contributed by atoms with Crippen molar-refractivity contribution in [3.8, 4) is 0 Å². The van der Waals surface area contributed by atoms with Gasteiger partial charge in [-0.3, -0.25) is 9.98 Å². The van der Waals surface area contributed by atoms with Gasteiger partial charge in [-0.05, 0) is 38.8 Å². The highest BCUT2D eigenvalue weighted by Gasteiger charge is 2.18. The highest BCUT2D eigenvalue weighted by Crippen LogP contribution is 2.12. The van der Waals surface area contributed by atoms with E-state index in [9.17, 15) is 4.39 Å². The van der Waals surface area contributed by atoms with Gasteiger partial charge < -0.3 is 14.5 Å². The summed E-state index contributed by atoms with van der Waals surface area (Å²) in [4.78, 5) is 13.4. The summed E-state index contributed by atoms with van der Waals surface area (Å²) in [5.74, 6) is -0.202. The fourth-order valence-electron chi connectivity index (χ4n) is 2.48. The zero-order chi connectivity index (χ0) is 18.7. The third kappa shape index (κ3) is 8.34. The number of nitrogens with zero attached hydrogens (tertiary/aromatic N) is 4. The minimum atomic E-state index is -0.243. The maximum absolute atomic E-state index is 13.2. The molecule has 0 aliphatic heterocycles. The minimum absolute atomic E-state index is 0.0412. The second kappa shape index (κ2) is 11.8. The molecule has 0 aromatic heterocycles. The van der Waals surface area contributed by atoms with Crippen molar-refractivity contribution in [1.82, 2.24) is 9.80 Å². The van der Waals surface area contributed by atoms with Crippen LogP contribution >= 0.6 is 0 Å². The van der Waals surface area contributed by atoms with Gasteiger partial charge in [-0.15, -0.1) is 0 Å². The van der Waals surface area contributed by atoms with Crippen molar-refractivity contribution in [3.63, 3.8) is 0 Å². The van der Waals surface area contributed by atoms with Gasteiger partial charge in [-0.25, -0.2) is 4.39 Å². The number of hydrogen-bond acceptors (Lipinski definition) is 5. The molecule has 0 saturated carbocycles. The number of hydrogen-bond donors (Lipinski definition) is 0. The van der Waals surface area contributed by atoms with Crippen LogP contribution < -0.4 is 0 Å². The molecule has 1 aromatic rings. The second-order valence-corrected chi connectivity index (χ2v) is 6.34. The number of ether oxygens (including phenoxy) is 1. The zero-order valence-corrected chi connectivity index (χ0v) is 16.1. The summed E-state index contributed by atoms with van der Waals surface area (Å²) in [6, 6.07) is 6.48. The van der Waals surface area contributed by atoms with Crippen molar-refractivity contribution in [2.24, 2.45) is 15.9 Å². The summed E-state index contributed by atoms with van der Waals surface area (Å²) in [6.07, 6.45) is 1.94. The first-order valence-electron chi connectivity index (χ1n) is 8.52. The Morgan fingerprint density at radius 1 is 1.20 bits per heavy atom. The van der Waals surface area contributed by atoms with Crippen molar-refractivity contribution in [1.29, 1.82) is 0 Å². The molecule has 1 aromatic carbocycles. The molecule has 0 saturated heterocycles. The normalized spacial score (nSPS) is 14.0. The topological polar surface area (TPSA) is 40.4 Å². The quantitative estimate of drug-likeness (QED) is 0.453. The van der Waals surface area contributed by atoms with Crippen LogP contribution in [0.15, 0.2) is 34.3 Å². The predicted molar refractivity (Wildman–Crippen MR) is 104 cm³/mol. The van der Waals surface area contributed by atoms with E-state index < -0.39 is 0 Å². The highest BCUT2D eigenvalue weighted by molar-refractivity contribution is 6.09. The van der Waals surface area contributed by atoms with E-state index in [4.69, 9.17) is 4.74 Å². The SMILES string of the molecule is C/N=C(/c1ccc(F)cc1)C(/C=N/CCOC)CN(C)CCN(C)C. The highest BCUT2D eigenvalue weighted by atomic mass is 19.1. The smallest absolute Gasteiger partial charge is 0.123 e. The van der Waals surface area contributed by atoms with Gasteiger partial charge in [0.25, 0.3) is 0 Å². The molecule has 0 fully saturated rings. The van der Waals surface area contributed by atoms with Crippen LogP contribution in [0.25, 0.3) is 0 Å². The fraction of sp³-hybridized carbons (Fsp3) is 0.579. The lowest BCUT2D eigenvalue weighted by Gasteiger charge is -2.24. The molecule has 1 atom stereocenters. The standard InChI is InChI=1S/C19H31FN4O/c1-21-19(16-6-8-18(20)9-7-16)17(14-22-10-13-25-5)15-24(4)12-11-23(2)3/h6-9,14,17H,10-13,15H2,1-5H3/b21-19-,22-14+. The van der Waals surface area contributed by atoms with Crippen molar-refractivity contribution < 1.29 is 9.13 Å². The minimum Gasteiger partial charge on any atom is -0.383 e. The largest absolute Gasteiger partial charge is 0.383 e. The van der Waals surface area contributed by atoms with Crippen LogP contribution in [0, 0.1) is 11.7 Å². The van der Waals surface area contributed by atoms with Gasteiger partial charge in [0.15, 0.2) is 0 Å². The van der Waals surface area contributed by atoms with Gasteiger partial charge in [0.1, 0.15) is 5.82 Å². The number of rotatable bonds is 11. The Morgan fingerprint density at radius 3 is 2.44 bits per heavy atom. The van der Waals surface area contributed by atoms with E-state index in [1.54, 1.807) is 26.3 Å².